The zero-order chi connectivity index (χ0) is 12.0. The predicted octanol–water partition coefficient (Wildman–Crippen LogP) is 3.51. The van der Waals surface area contributed by atoms with Crippen LogP contribution in [0.2, 0.25) is 0 Å². The predicted molar refractivity (Wildman–Crippen MR) is 72.3 cm³/mol. The molecule has 2 fully saturated rings. The van der Waals surface area contributed by atoms with Gasteiger partial charge in [0.2, 0.25) is 0 Å². The monoisotopic (exact) mass is 239 g/mol. The topological polar surface area (TPSA) is 21.3 Å². The summed E-state index contributed by atoms with van der Waals surface area (Å²) in [7, 11) is 1.82. The molecule has 0 aromatic carbocycles. The maximum atomic E-state index is 5.22. The quantitative estimate of drug-likeness (QED) is 0.766. The smallest absolute Gasteiger partial charge is 0.0468 e. The second-order valence-electron chi connectivity index (χ2n) is 6.17. The molecule has 0 aromatic heterocycles. The summed E-state index contributed by atoms with van der Waals surface area (Å²) < 4.78 is 5.22. The minimum absolute atomic E-state index is 0.610. The van der Waals surface area contributed by atoms with Gasteiger partial charge in [-0.25, -0.2) is 0 Å². The minimum Gasteiger partial charge on any atom is -0.385 e. The van der Waals surface area contributed by atoms with Crippen LogP contribution in [0.3, 0.4) is 0 Å². The lowest BCUT2D eigenvalue weighted by molar-refractivity contribution is 0.169. The molecule has 2 saturated carbocycles. The Balaban J connectivity index is 1.65. The van der Waals surface area contributed by atoms with E-state index in [1.54, 1.807) is 0 Å². The lowest BCUT2D eigenvalue weighted by Crippen LogP contribution is -2.35. The largest absolute Gasteiger partial charge is 0.385 e. The first kappa shape index (κ1) is 13.4. The van der Waals surface area contributed by atoms with Gasteiger partial charge in [0.05, 0.1) is 0 Å². The second kappa shape index (κ2) is 6.75. The van der Waals surface area contributed by atoms with E-state index in [1.807, 2.05) is 7.11 Å². The SMILES string of the molecule is COCCC1(CNC2CCCCCCC2)CC1. The van der Waals surface area contributed by atoms with Crippen molar-refractivity contribution in [3.63, 3.8) is 0 Å². The second-order valence-corrected chi connectivity index (χ2v) is 6.17. The van der Waals surface area contributed by atoms with E-state index >= 15 is 0 Å². The van der Waals surface area contributed by atoms with Crippen LogP contribution >= 0.6 is 0 Å². The molecule has 0 atom stereocenters. The summed E-state index contributed by atoms with van der Waals surface area (Å²) in [5.41, 5.74) is 0.610. The molecule has 2 aliphatic carbocycles. The average Bonchev–Trinajstić information content (AvgIpc) is 3.06. The molecule has 0 amide bonds. The van der Waals surface area contributed by atoms with Gasteiger partial charge < -0.3 is 10.1 Å². The van der Waals surface area contributed by atoms with Gasteiger partial charge in [0.25, 0.3) is 0 Å². The molecule has 0 heterocycles. The molecule has 0 unspecified atom stereocenters. The van der Waals surface area contributed by atoms with Crippen molar-refractivity contribution >= 4 is 0 Å². The van der Waals surface area contributed by atoms with Crippen LogP contribution < -0.4 is 5.32 Å². The zero-order valence-corrected chi connectivity index (χ0v) is 11.5. The molecule has 1 N–H and O–H groups in total. The van der Waals surface area contributed by atoms with E-state index in [1.165, 1.54) is 70.8 Å². The van der Waals surface area contributed by atoms with Crippen LogP contribution in [0.25, 0.3) is 0 Å². The van der Waals surface area contributed by atoms with Gasteiger partial charge in [0.15, 0.2) is 0 Å². The molecule has 0 saturated heterocycles. The van der Waals surface area contributed by atoms with Gasteiger partial charge in [0, 0.05) is 26.3 Å². The standard InChI is InChI=1S/C15H29NO/c1-17-12-11-15(9-10-15)13-16-14-7-5-3-2-4-6-8-14/h14,16H,2-13H2,1H3. The van der Waals surface area contributed by atoms with E-state index < -0.39 is 0 Å². The molecule has 0 radical (unpaired) electrons. The van der Waals surface area contributed by atoms with Crippen molar-refractivity contribution in [2.24, 2.45) is 5.41 Å². The molecule has 2 rings (SSSR count). The third kappa shape index (κ3) is 4.59. The number of methoxy groups -OCH3 is 1. The van der Waals surface area contributed by atoms with Crippen molar-refractivity contribution in [1.82, 2.24) is 5.32 Å². The Hall–Kier alpha value is -0.0800. The van der Waals surface area contributed by atoms with Gasteiger partial charge in [-0.2, -0.15) is 0 Å². The van der Waals surface area contributed by atoms with Crippen molar-refractivity contribution in [1.29, 1.82) is 0 Å². The molecular formula is C15H29NO. The fraction of sp³-hybridized carbons (Fsp3) is 1.00. The highest BCUT2D eigenvalue weighted by molar-refractivity contribution is 4.95. The van der Waals surface area contributed by atoms with Crippen molar-refractivity contribution in [3.8, 4) is 0 Å². The Kier molecular flexibility index (Phi) is 5.30. The minimum atomic E-state index is 0.610. The number of nitrogens with one attached hydrogen (secondary N) is 1. The van der Waals surface area contributed by atoms with E-state index in [9.17, 15) is 0 Å². The molecule has 0 spiro atoms. The lowest BCUT2D eigenvalue weighted by Gasteiger charge is -2.24. The maximum Gasteiger partial charge on any atom is 0.0468 e. The van der Waals surface area contributed by atoms with Gasteiger partial charge in [0.1, 0.15) is 0 Å². The average molecular weight is 239 g/mol. The van der Waals surface area contributed by atoms with E-state index in [0.29, 0.717) is 5.41 Å². The van der Waals surface area contributed by atoms with Gasteiger partial charge in [-0.05, 0) is 37.5 Å². The highest BCUT2D eigenvalue weighted by Crippen LogP contribution is 2.48. The van der Waals surface area contributed by atoms with Crippen molar-refractivity contribution in [3.05, 3.63) is 0 Å². The van der Waals surface area contributed by atoms with Crippen LogP contribution in [-0.4, -0.2) is 26.3 Å². The molecule has 2 heteroatoms. The molecule has 2 aliphatic rings. The number of hydrogen-bond donors (Lipinski definition) is 1. The van der Waals surface area contributed by atoms with Crippen LogP contribution in [-0.2, 0) is 4.74 Å². The third-order valence-corrected chi connectivity index (χ3v) is 4.66. The third-order valence-electron chi connectivity index (χ3n) is 4.66. The fourth-order valence-electron chi connectivity index (χ4n) is 3.03. The molecule has 0 aliphatic heterocycles. The zero-order valence-electron chi connectivity index (χ0n) is 11.5. The molecule has 0 aromatic rings. The fourth-order valence-corrected chi connectivity index (χ4v) is 3.03. The van der Waals surface area contributed by atoms with E-state index in [-0.39, 0.29) is 0 Å². The molecule has 100 valence electrons. The van der Waals surface area contributed by atoms with Crippen molar-refractivity contribution < 1.29 is 4.74 Å². The first-order valence-corrected chi connectivity index (χ1v) is 7.57. The lowest BCUT2D eigenvalue weighted by atomic mass is 9.95. The summed E-state index contributed by atoms with van der Waals surface area (Å²) in [4.78, 5) is 0. The molecule has 0 bridgehead atoms. The number of ether oxygens (including phenoxy) is 1. The van der Waals surface area contributed by atoms with Crippen LogP contribution in [0, 0.1) is 5.41 Å². The van der Waals surface area contributed by atoms with Crippen LogP contribution in [0.4, 0.5) is 0 Å². The van der Waals surface area contributed by atoms with E-state index in [2.05, 4.69) is 5.32 Å². The molecular weight excluding hydrogens is 210 g/mol. The molecule has 17 heavy (non-hydrogen) atoms. The summed E-state index contributed by atoms with van der Waals surface area (Å²) >= 11 is 0. The summed E-state index contributed by atoms with van der Waals surface area (Å²) in [6.45, 7) is 2.17. The normalized spacial score (nSPS) is 25.2. The Labute approximate surface area is 107 Å². The highest BCUT2D eigenvalue weighted by atomic mass is 16.5. The van der Waals surface area contributed by atoms with E-state index in [0.717, 1.165) is 12.6 Å². The van der Waals surface area contributed by atoms with Gasteiger partial charge >= 0.3 is 0 Å². The van der Waals surface area contributed by atoms with Gasteiger partial charge in [-0.15, -0.1) is 0 Å². The highest BCUT2D eigenvalue weighted by Gasteiger charge is 2.41. The number of rotatable bonds is 6. The Morgan fingerprint density at radius 1 is 1.06 bits per heavy atom. The first-order valence-electron chi connectivity index (χ1n) is 7.57. The van der Waals surface area contributed by atoms with Crippen LogP contribution in [0.1, 0.15) is 64.2 Å². The summed E-state index contributed by atoms with van der Waals surface area (Å²) in [6, 6.07) is 0.801. The Bertz CT molecular complexity index is 205. The van der Waals surface area contributed by atoms with E-state index in [4.69, 9.17) is 4.74 Å². The summed E-state index contributed by atoms with van der Waals surface area (Å²) in [5.74, 6) is 0. The number of hydrogen-bond acceptors (Lipinski definition) is 2. The summed E-state index contributed by atoms with van der Waals surface area (Å²) in [6.07, 6.45) is 14.1. The maximum absolute atomic E-state index is 5.22. The Morgan fingerprint density at radius 3 is 2.29 bits per heavy atom. The van der Waals surface area contributed by atoms with Crippen molar-refractivity contribution in [2.75, 3.05) is 20.3 Å². The van der Waals surface area contributed by atoms with Crippen molar-refractivity contribution in [2.45, 2.75) is 70.3 Å². The van der Waals surface area contributed by atoms with Gasteiger partial charge in [-0.3, -0.25) is 0 Å². The van der Waals surface area contributed by atoms with Gasteiger partial charge in [-0.1, -0.05) is 32.1 Å². The van der Waals surface area contributed by atoms with Crippen LogP contribution in [0.5, 0.6) is 0 Å². The Morgan fingerprint density at radius 2 is 1.71 bits per heavy atom. The van der Waals surface area contributed by atoms with Crippen LogP contribution in [0.15, 0.2) is 0 Å². The summed E-state index contributed by atoms with van der Waals surface area (Å²) in [5, 5.41) is 3.85. The first-order chi connectivity index (χ1) is 8.35. The molecule has 2 nitrogen and oxygen atoms in total.